The summed E-state index contributed by atoms with van der Waals surface area (Å²) < 4.78 is 24.4. The Hall–Kier alpha value is -4.13. The quantitative estimate of drug-likeness (QED) is 0.336. The highest BCUT2D eigenvalue weighted by Gasteiger charge is 2.18. The monoisotopic (exact) mass is 459 g/mol. The third kappa shape index (κ3) is 5.43. The number of hydrogen-bond donors (Lipinski definition) is 0. The average molecular weight is 460 g/mol. The number of aromatic nitrogens is 1. The van der Waals surface area contributed by atoms with Crippen LogP contribution in [0.4, 0.5) is 10.2 Å². The Morgan fingerprint density at radius 3 is 2.56 bits per heavy atom. The van der Waals surface area contributed by atoms with Crippen LogP contribution < -0.4 is 9.64 Å². The standard InChI is InChI=1S/C27H26FN3O3/c1-30(2)27-21(15-20-9-10-22(28)16-25(20)29-27)17-31(18-24-5-4-14-34-24)26(32)13-8-19-6-11-23(33-3)12-7-19/h4-16H,17-18H2,1-3H3. The Labute approximate surface area is 197 Å². The fourth-order valence-corrected chi connectivity index (χ4v) is 3.67. The van der Waals surface area contributed by atoms with Crippen molar-refractivity contribution < 1.29 is 18.3 Å². The van der Waals surface area contributed by atoms with E-state index in [9.17, 15) is 9.18 Å². The van der Waals surface area contributed by atoms with Crippen LogP contribution in [-0.2, 0) is 17.9 Å². The van der Waals surface area contributed by atoms with Gasteiger partial charge in [-0.25, -0.2) is 9.37 Å². The fraction of sp³-hybridized carbons (Fsp3) is 0.185. The Bertz CT molecular complexity index is 1300. The molecule has 0 aliphatic carbocycles. The minimum Gasteiger partial charge on any atom is -0.497 e. The zero-order valence-electron chi connectivity index (χ0n) is 19.4. The van der Waals surface area contributed by atoms with Gasteiger partial charge in [-0.2, -0.15) is 0 Å². The number of ether oxygens (including phenoxy) is 1. The molecule has 2 aromatic heterocycles. The number of fused-ring (bicyclic) bond motifs is 1. The first-order valence-electron chi connectivity index (χ1n) is 10.8. The number of nitrogens with zero attached hydrogens (tertiary/aromatic N) is 3. The number of halogens is 1. The van der Waals surface area contributed by atoms with Gasteiger partial charge < -0.3 is 19.0 Å². The van der Waals surface area contributed by atoms with E-state index in [1.165, 1.54) is 12.1 Å². The summed E-state index contributed by atoms with van der Waals surface area (Å²) in [5.41, 5.74) is 2.30. The van der Waals surface area contributed by atoms with Crippen molar-refractivity contribution >= 4 is 28.7 Å². The van der Waals surface area contributed by atoms with Gasteiger partial charge in [0.1, 0.15) is 23.1 Å². The van der Waals surface area contributed by atoms with Gasteiger partial charge in [0, 0.05) is 37.2 Å². The fourth-order valence-electron chi connectivity index (χ4n) is 3.67. The zero-order chi connectivity index (χ0) is 24.1. The third-order valence-corrected chi connectivity index (χ3v) is 5.39. The molecule has 0 saturated carbocycles. The van der Waals surface area contributed by atoms with E-state index < -0.39 is 0 Å². The van der Waals surface area contributed by atoms with Crippen molar-refractivity contribution in [1.82, 2.24) is 9.88 Å². The molecule has 7 heteroatoms. The number of carbonyl (C=O) groups excluding carboxylic acids is 1. The van der Waals surface area contributed by atoms with E-state index in [2.05, 4.69) is 4.98 Å². The lowest BCUT2D eigenvalue weighted by atomic mass is 10.1. The minimum absolute atomic E-state index is 0.170. The largest absolute Gasteiger partial charge is 0.497 e. The number of hydrogen-bond acceptors (Lipinski definition) is 5. The van der Waals surface area contributed by atoms with Gasteiger partial charge in [0.05, 0.1) is 32.0 Å². The lowest BCUT2D eigenvalue weighted by molar-refractivity contribution is -0.127. The molecule has 0 aliphatic heterocycles. The van der Waals surface area contributed by atoms with Crippen LogP contribution in [0.25, 0.3) is 17.0 Å². The van der Waals surface area contributed by atoms with E-state index in [0.29, 0.717) is 30.2 Å². The zero-order valence-corrected chi connectivity index (χ0v) is 19.4. The molecule has 174 valence electrons. The second kappa shape index (κ2) is 10.2. The molecule has 0 fully saturated rings. The maximum Gasteiger partial charge on any atom is 0.247 e. The van der Waals surface area contributed by atoms with E-state index >= 15 is 0 Å². The SMILES string of the molecule is COc1ccc(C=CC(=O)N(Cc2ccco2)Cc2cc3ccc(F)cc3nc2N(C)C)cc1. The van der Waals surface area contributed by atoms with Gasteiger partial charge in [-0.1, -0.05) is 12.1 Å². The highest BCUT2D eigenvalue weighted by Crippen LogP contribution is 2.25. The summed E-state index contributed by atoms with van der Waals surface area (Å²) in [6.45, 7) is 0.605. The highest BCUT2D eigenvalue weighted by molar-refractivity contribution is 5.92. The van der Waals surface area contributed by atoms with E-state index in [0.717, 1.165) is 22.3 Å². The number of furan rings is 1. The average Bonchev–Trinajstić information content (AvgIpc) is 3.35. The van der Waals surface area contributed by atoms with Crippen molar-refractivity contribution in [2.45, 2.75) is 13.1 Å². The number of amides is 1. The topological polar surface area (TPSA) is 58.8 Å². The van der Waals surface area contributed by atoms with Crippen molar-refractivity contribution in [3.8, 4) is 5.75 Å². The first-order chi connectivity index (χ1) is 16.4. The van der Waals surface area contributed by atoms with Gasteiger partial charge in [0.15, 0.2) is 0 Å². The molecule has 0 radical (unpaired) electrons. The van der Waals surface area contributed by atoms with Gasteiger partial charge in [-0.15, -0.1) is 0 Å². The molecule has 2 heterocycles. The first-order valence-corrected chi connectivity index (χ1v) is 10.8. The predicted octanol–water partition coefficient (Wildman–Crippen LogP) is 5.28. The van der Waals surface area contributed by atoms with Gasteiger partial charge in [0.2, 0.25) is 5.91 Å². The summed E-state index contributed by atoms with van der Waals surface area (Å²) in [6, 6.07) is 17.6. The smallest absolute Gasteiger partial charge is 0.247 e. The molecule has 0 bridgehead atoms. The van der Waals surface area contributed by atoms with Crippen molar-refractivity contribution in [2.24, 2.45) is 0 Å². The maximum atomic E-state index is 13.7. The second-order valence-corrected chi connectivity index (χ2v) is 8.08. The summed E-state index contributed by atoms with van der Waals surface area (Å²) in [6.07, 6.45) is 4.90. The molecular formula is C27H26FN3O3. The minimum atomic E-state index is -0.337. The van der Waals surface area contributed by atoms with Crippen LogP contribution in [0, 0.1) is 5.82 Å². The van der Waals surface area contributed by atoms with Crippen molar-refractivity contribution in [2.75, 3.05) is 26.1 Å². The van der Waals surface area contributed by atoms with Crippen molar-refractivity contribution in [3.63, 3.8) is 0 Å². The molecule has 1 amide bonds. The van der Waals surface area contributed by atoms with Crippen molar-refractivity contribution in [1.29, 1.82) is 0 Å². The number of rotatable bonds is 8. The maximum absolute atomic E-state index is 13.7. The molecule has 6 nitrogen and oxygen atoms in total. The summed E-state index contributed by atoms with van der Waals surface area (Å²) in [4.78, 5) is 21.5. The molecule has 0 saturated heterocycles. The van der Waals surface area contributed by atoms with Crippen LogP contribution >= 0.6 is 0 Å². The Balaban J connectivity index is 1.65. The van der Waals surface area contributed by atoms with Crippen LogP contribution in [-0.4, -0.2) is 37.0 Å². The first kappa shape index (κ1) is 23.0. The number of benzene rings is 2. The second-order valence-electron chi connectivity index (χ2n) is 8.08. The summed E-state index contributed by atoms with van der Waals surface area (Å²) in [5.74, 6) is 1.59. The Morgan fingerprint density at radius 2 is 1.88 bits per heavy atom. The van der Waals surface area contributed by atoms with Gasteiger partial charge in [-0.3, -0.25) is 4.79 Å². The van der Waals surface area contributed by atoms with E-state index in [4.69, 9.17) is 9.15 Å². The predicted molar refractivity (Wildman–Crippen MR) is 131 cm³/mol. The van der Waals surface area contributed by atoms with E-state index in [1.807, 2.05) is 55.4 Å². The van der Waals surface area contributed by atoms with Crippen LogP contribution in [0.1, 0.15) is 16.9 Å². The Kier molecular flexibility index (Phi) is 6.92. The molecular weight excluding hydrogens is 433 g/mol. The Morgan fingerprint density at radius 1 is 1.09 bits per heavy atom. The van der Waals surface area contributed by atoms with Crippen LogP contribution in [0.15, 0.2) is 77.4 Å². The van der Waals surface area contributed by atoms with Gasteiger partial charge >= 0.3 is 0 Å². The lowest BCUT2D eigenvalue weighted by Gasteiger charge is -2.24. The summed E-state index contributed by atoms with van der Waals surface area (Å²) in [5, 5.41) is 0.807. The van der Waals surface area contributed by atoms with Gasteiger partial charge in [-0.05, 0) is 54.1 Å². The molecule has 0 atom stereocenters. The van der Waals surface area contributed by atoms with Gasteiger partial charge in [0.25, 0.3) is 0 Å². The highest BCUT2D eigenvalue weighted by atomic mass is 19.1. The number of anilines is 1. The van der Waals surface area contributed by atoms with E-state index in [1.54, 1.807) is 42.6 Å². The molecule has 4 aromatic rings. The molecule has 2 aromatic carbocycles. The lowest BCUT2D eigenvalue weighted by Crippen LogP contribution is -2.29. The number of carbonyl (C=O) groups is 1. The number of methoxy groups -OCH3 is 1. The summed E-state index contributed by atoms with van der Waals surface area (Å²) in [7, 11) is 5.36. The summed E-state index contributed by atoms with van der Waals surface area (Å²) >= 11 is 0. The number of pyridine rings is 1. The molecule has 34 heavy (non-hydrogen) atoms. The molecule has 0 aliphatic rings. The van der Waals surface area contributed by atoms with Crippen LogP contribution in [0.3, 0.4) is 0 Å². The molecule has 0 N–H and O–H groups in total. The normalized spacial score (nSPS) is 11.2. The molecule has 0 spiro atoms. The van der Waals surface area contributed by atoms with E-state index in [-0.39, 0.29) is 11.7 Å². The molecule has 0 unspecified atom stereocenters. The van der Waals surface area contributed by atoms with Crippen LogP contribution in [0.2, 0.25) is 0 Å². The molecule has 4 rings (SSSR count). The third-order valence-electron chi connectivity index (χ3n) is 5.39. The van der Waals surface area contributed by atoms with Crippen LogP contribution in [0.5, 0.6) is 5.75 Å². The van der Waals surface area contributed by atoms with Crippen molar-refractivity contribution in [3.05, 3.63) is 95.7 Å².